The molecule has 0 spiro atoms. The first-order valence-corrected chi connectivity index (χ1v) is 6.21. The van der Waals surface area contributed by atoms with Gasteiger partial charge < -0.3 is 14.9 Å². The summed E-state index contributed by atoms with van der Waals surface area (Å²) in [5, 5.41) is 19.0. The van der Waals surface area contributed by atoms with Gasteiger partial charge in [-0.15, -0.1) is 0 Å². The van der Waals surface area contributed by atoms with E-state index >= 15 is 0 Å². The van der Waals surface area contributed by atoms with Gasteiger partial charge in [-0.05, 0) is 42.3 Å². The maximum Gasteiger partial charge on any atom is 0.176 e. The molecule has 2 N–H and O–H groups in total. The minimum absolute atomic E-state index is 0.143. The van der Waals surface area contributed by atoms with Gasteiger partial charge in [0.25, 0.3) is 0 Å². The van der Waals surface area contributed by atoms with E-state index in [4.69, 9.17) is 4.74 Å². The number of halogens is 1. The molecule has 3 nitrogen and oxygen atoms in total. The first kappa shape index (κ1) is 12.5. The highest BCUT2D eigenvalue weighted by Crippen LogP contribution is 2.41. The fourth-order valence-electron chi connectivity index (χ4n) is 2.42. The summed E-state index contributed by atoms with van der Waals surface area (Å²) < 4.78 is 19.6. The molecule has 4 heteroatoms. The molecule has 0 fully saturated rings. The molecule has 1 aliphatic heterocycles. The summed E-state index contributed by atoms with van der Waals surface area (Å²) in [4.78, 5) is 0. The number of hydrogen-bond acceptors (Lipinski definition) is 3. The first-order chi connectivity index (χ1) is 9.58. The highest BCUT2D eigenvalue weighted by molar-refractivity contribution is 5.94. The van der Waals surface area contributed by atoms with Gasteiger partial charge in [0.15, 0.2) is 11.6 Å². The lowest BCUT2D eigenvalue weighted by atomic mass is 9.93. The topological polar surface area (TPSA) is 49.7 Å². The molecule has 1 heterocycles. The predicted octanol–water partition coefficient (Wildman–Crippen LogP) is 3.56. The summed E-state index contributed by atoms with van der Waals surface area (Å²) >= 11 is 0. The van der Waals surface area contributed by atoms with Crippen molar-refractivity contribution < 1.29 is 19.3 Å². The molecule has 0 aliphatic carbocycles. The van der Waals surface area contributed by atoms with Crippen LogP contribution in [-0.2, 0) is 0 Å². The lowest BCUT2D eigenvalue weighted by Gasteiger charge is -2.23. The van der Waals surface area contributed by atoms with Crippen molar-refractivity contribution >= 4 is 11.1 Å². The summed E-state index contributed by atoms with van der Waals surface area (Å²) in [5.41, 5.74) is 2.54. The minimum Gasteiger partial charge on any atom is -0.508 e. The molecule has 1 aliphatic rings. The van der Waals surface area contributed by atoms with Crippen molar-refractivity contribution in [2.75, 3.05) is 6.61 Å². The van der Waals surface area contributed by atoms with Gasteiger partial charge >= 0.3 is 0 Å². The van der Waals surface area contributed by atoms with Crippen LogP contribution in [0.2, 0.25) is 0 Å². The van der Waals surface area contributed by atoms with Crippen LogP contribution in [0.1, 0.15) is 18.1 Å². The summed E-state index contributed by atoms with van der Waals surface area (Å²) in [6.07, 6.45) is 0. The van der Waals surface area contributed by atoms with Crippen molar-refractivity contribution in [2.45, 2.75) is 6.92 Å². The number of ether oxygens (including phenoxy) is 1. The Morgan fingerprint density at radius 1 is 1.15 bits per heavy atom. The van der Waals surface area contributed by atoms with Crippen molar-refractivity contribution in [1.82, 2.24) is 0 Å². The molecule has 0 unspecified atom stereocenters. The second-order valence-electron chi connectivity index (χ2n) is 4.71. The molecule has 0 atom stereocenters. The van der Waals surface area contributed by atoms with Gasteiger partial charge in [-0.1, -0.05) is 12.1 Å². The second-order valence-corrected chi connectivity index (χ2v) is 4.71. The van der Waals surface area contributed by atoms with Crippen molar-refractivity contribution in [3.8, 4) is 17.2 Å². The van der Waals surface area contributed by atoms with E-state index in [1.54, 1.807) is 31.2 Å². The average Bonchev–Trinajstić information content (AvgIpc) is 2.43. The summed E-state index contributed by atoms with van der Waals surface area (Å²) in [6, 6.07) is 9.56. The monoisotopic (exact) mass is 272 g/mol. The Balaban J connectivity index is 2.20. The lowest BCUT2D eigenvalue weighted by Crippen LogP contribution is -2.11. The fourth-order valence-corrected chi connectivity index (χ4v) is 2.42. The standard InChI is InChI=1S/C16H13FO3/c1-9-12(10-3-2-4-11(18)7-10)8-20-14-6-5-13(19)16(17)15(9)14/h2-7,18-19H,8H2,1H3. The van der Waals surface area contributed by atoms with Crippen LogP contribution in [0, 0.1) is 5.82 Å². The molecule has 102 valence electrons. The number of phenolic OH excluding ortho intramolecular Hbond substituents is 2. The molecular formula is C16H13FO3. The van der Waals surface area contributed by atoms with Gasteiger partial charge in [0.2, 0.25) is 0 Å². The van der Waals surface area contributed by atoms with Gasteiger partial charge in [0.1, 0.15) is 18.1 Å². The number of phenols is 2. The third-order valence-electron chi connectivity index (χ3n) is 3.48. The van der Waals surface area contributed by atoms with E-state index in [1.165, 1.54) is 6.07 Å². The maximum atomic E-state index is 14.1. The molecule has 0 amide bonds. The maximum absolute atomic E-state index is 14.1. The van der Waals surface area contributed by atoms with Crippen LogP contribution in [0.4, 0.5) is 4.39 Å². The first-order valence-electron chi connectivity index (χ1n) is 6.21. The number of hydrogen-bond donors (Lipinski definition) is 2. The van der Waals surface area contributed by atoms with Crippen molar-refractivity contribution in [3.05, 3.63) is 53.3 Å². The summed E-state index contributed by atoms with van der Waals surface area (Å²) in [7, 11) is 0. The van der Waals surface area contributed by atoms with Gasteiger partial charge in [-0.3, -0.25) is 0 Å². The average molecular weight is 272 g/mol. The van der Waals surface area contributed by atoms with Crippen LogP contribution >= 0.6 is 0 Å². The van der Waals surface area contributed by atoms with Gasteiger partial charge in [-0.25, -0.2) is 4.39 Å². The van der Waals surface area contributed by atoms with E-state index in [0.717, 1.165) is 11.1 Å². The van der Waals surface area contributed by atoms with Crippen molar-refractivity contribution in [1.29, 1.82) is 0 Å². The molecule has 3 rings (SSSR count). The SMILES string of the molecule is CC1=C(c2cccc(O)c2)COc2ccc(O)c(F)c21. The molecule has 2 aromatic rings. The smallest absolute Gasteiger partial charge is 0.176 e. The van der Waals surface area contributed by atoms with Crippen LogP contribution in [0.15, 0.2) is 36.4 Å². The van der Waals surface area contributed by atoms with E-state index in [-0.39, 0.29) is 11.3 Å². The number of allylic oxidation sites excluding steroid dienone is 1. The van der Waals surface area contributed by atoms with Crippen LogP contribution in [-0.4, -0.2) is 16.8 Å². The van der Waals surface area contributed by atoms with Gasteiger partial charge in [0, 0.05) is 5.57 Å². The van der Waals surface area contributed by atoms with Crippen LogP contribution in [0.5, 0.6) is 17.2 Å². The number of benzene rings is 2. The van der Waals surface area contributed by atoms with Crippen LogP contribution in [0.3, 0.4) is 0 Å². The zero-order valence-corrected chi connectivity index (χ0v) is 10.9. The third kappa shape index (κ3) is 1.90. The highest BCUT2D eigenvalue weighted by atomic mass is 19.1. The molecule has 20 heavy (non-hydrogen) atoms. The Morgan fingerprint density at radius 3 is 2.70 bits per heavy atom. The van der Waals surface area contributed by atoms with Crippen molar-refractivity contribution in [2.24, 2.45) is 0 Å². The summed E-state index contributed by atoms with van der Waals surface area (Å²) in [6.45, 7) is 2.08. The molecular weight excluding hydrogens is 259 g/mol. The summed E-state index contributed by atoms with van der Waals surface area (Å²) in [5.74, 6) is -0.520. The van der Waals surface area contributed by atoms with Gasteiger partial charge in [0.05, 0.1) is 5.56 Å². The molecule has 2 aromatic carbocycles. The van der Waals surface area contributed by atoms with Gasteiger partial charge in [-0.2, -0.15) is 0 Å². The van der Waals surface area contributed by atoms with E-state index in [1.807, 2.05) is 6.07 Å². The Kier molecular flexibility index (Phi) is 2.86. The normalized spacial score (nSPS) is 13.9. The number of rotatable bonds is 1. The van der Waals surface area contributed by atoms with E-state index in [0.29, 0.717) is 17.9 Å². The van der Waals surface area contributed by atoms with Crippen LogP contribution < -0.4 is 4.74 Å². The number of fused-ring (bicyclic) bond motifs is 1. The largest absolute Gasteiger partial charge is 0.508 e. The Bertz CT molecular complexity index is 720. The third-order valence-corrected chi connectivity index (χ3v) is 3.48. The molecule has 0 radical (unpaired) electrons. The number of aromatic hydroxyl groups is 2. The zero-order chi connectivity index (χ0) is 14.3. The van der Waals surface area contributed by atoms with E-state index < -0.39 is 11.6 Å². The van der Waals surface area contributed by atoms with E-state index in [2.05, 4.69) is 0 Å². The molecule has 0 saturated heterocycles. The van der Waals surface area contributed by atoms with E-state index in [9.17, 15) is 14.6 Å². The minimum atomic E-state index is -0.683. The molecule has 0 saturated carbocycles. The van der Waals surface area contributed by atoms with Crippen LogP contribution in [0.25, 0.3) is 11.1 Å². The Hall–Kier alpha value is -2.49. The zero-order valence-electron chi connectivity index (χ0n) is 10.9. The Morgan fingerprint density at radius 2 is 1.95 bits per heavy atom. The lowest BCUT2D eigenvalue weighted by molar-refractivity contribution is 0.356. The quantitative estimate of drug-likeness (QED) is 0.834. The van der Waals surface area contributed by atoms with Crippen molar-refractivity contribution in [3.63, 3.8) is 0 Å². The fraction of sp³-hybridized carbons (Fsp3) is 0.125. The second kappa shape index (κ2) is 4.56. The predicted molar refractivity (Wildman–Crippen MR) is 74.2 cm³/mol. The molecule has 0 aromatic heterocycles. The Labute approximate surface area is 115 Å². The molecule has 0 bridgehead atoms. The highest BCUT2D eigenvalue weighted by Gasteiger charge is 2.23.